The smallest absolute Gasteiger partial charge is 0.240 e. The Kier molecular flexibility index (Phi) is 7.76. The van der Waals surface area contributed by atoms with Crippen molar-refractivity contribution in [3.05, 3.63) is 107 Å². The lowest BCUT2D eigenvalue weighted by Gasteiger charge is -2.24. The number of aromatic nitrogens is 3. The van der Waals surface area contributed by atoms with Crippen LogP contribution in [0.3, 0.4) is 0 Å². The van der Waals surface area contributed by atoms with Gasteiger partial charge in [-0.1, -0.05) is 56.7 Å². The summed E-state index contributed by atoms with van der Waals surface area (Å²) in [5, 5.41) is 7.60. The van der Waals surface area contributed by atoms with Crippen molar-refractivity contribution in [1.29, 1.82) is 0 Å². The largest absolute Gasteiger partial charge is 0.349 e. The van der Waals surface area contributed by atoms with Gasteiger partial charge < -0.3 is 5.32 Å². The second-order valence-corrected chi connectivity index (χ2v) is 12.0. The molecule has 1 atom stereocenters. The van der Waals surface area contributed by atoms with Crippen molar-refractivity contribution in [2.75, 3.05) is 17.2 Å². The number of fused-ring (bicyclic) bond motifs is 1. The van der Waals surface area contributed by atoms with Crippen molar-refractivity contribution in [1.82, 2.24) is 20.1 Å². The number of nitrogens with zero attached hydrogens (tertiary/aromatic N) is 4. The van der Waals surface area contributed by atoms with Gasteiger partial charge in [-0.25, -0.2) is 9.07 Å². The van der Waals surface area contributed by atoms with Crippen LogP contribution in [0.2, 0.25) is 0 Å². The quantitative estimate of drug-likeness (QED) is 0.339. The van der Waals surface area contributed by atoms with Crippen molar-refractivity contribution >= 4 is 29.4 Å². The molecule has 1 unspecified atom stereocenters. The molecule has 4 aromatic rings. The first kappa shape index (κ1) is 27.6. The number of rotatable bonds is 6. The summed E-state index contributed by atoms with van der Waals surface area (Å²) in [6.07, 6.45) is 1.67. The van der Waals surface area contributed by atoms with E-state index in [1.54, 1.807) is 16.9 Å². The van der Waals surface area contributed by atoms with Crippen LogP contribution in [0.5, 0.6) is 0 Å². The van der Waals surface area contributed by atoms with Crippen molar-refractivity contribution in [2.45, 2.75) is 44.9 Å². The highest BCUT2D eigenvalue weighted by molar-refractivity contribution is 8.00. The predicted molar refractivity (Wildman–Crippen MR) is 156 cm³/mol. The van der Waals surface area contributed by atoms with Gasteiger partial charge in [0.25, 0.3) is 0 Å². The number of pyridine rings is 1. The number of hydrogen-bond acceptors (Lipinski definition) is 5. The third-order valence-corrected chi connectivity index (χ3v) is 7.98. The van der Waals surface area contributed by atoms with E-state index in [2.05, 4.69) is 31.1 Å². The highest BCUT2D eigenvalue weighted by atomic mass is 32.2. The summed E-state index contributed by atoms with van der Waals surface area (Å²) in [7, 11) is 0. The summed E-state index contributed by atoms with van der Waals surface area (Å²) in [6, 6.07) is 19.9. The number of anilines is 1. The van der Waals surface area contributed by atoms with E-state index in [9.17, 15) is 14.0 Å². The van der Waals surface area contributed by atoms with Crippen LogP contribution in [-0.4, -0.2) is 38.9 Å². The van der Waals surface area contributed by atoms with Crippen molar-refractivity contribution in [3.8, 4) is 5.69 Å². The molecule has 2 aromatic heterocycles. The summed E-state index contributed by atoms with van der Waals surface area (Å²) in [4.78, 5) is 32.7. The molecule has 5 rings (SSSR count). The van der Waals surface area contributed by atoms with Crippen LogP contribution in [0.15, 0.2) is 72.9 Å². The maximum atomic E-state index is 14.4. The van der Waals surface area contributed by atoms with E-state index in [0.717, 1.165) is 33.8 Å². The number of aryl methyl sites for hydroxylation is 1. The molecule has 0 bridgehead atoms. The Morgan fingerprint density at radius 1 is 1.10 bits per heavy atom. The van der Waals surface area contributed by atoms with Crippen LogP contribution < -0.4 is 10.2 Å². The Hall–Kier alpha value is -3.98. The number of amides is 2. The predicted octanol–water partition coefficient (Wildman–Crippen LogP) is 5.50. The molecular weight excluding hydrogens is 525 g/mol. The van der Waals surface area contributed by atoms with Gasteiger partial charge in [-0.3, -0.25) is 19.5 Å². The van der Waals surface area contributed by atoms with Crippen molar-refractivity contribution < 1.29 is 14.0 Å². The van der Waals surface area contributed by atoms with Gasteiger partial charge >= 0.3 is 0 Å². The highest BCUT2D eigenvalue weighted by Crippen LogP contribution is 2.48. The molecular formula is C31H32FN5O2S. The van der Waals surface area contributed by atoms with Gasteiger partial charge in [-0.15, -0.1) is 11.8 Å². The lowest BCUT2D eigenvalue weighted by atomic mass is 9.87. The molecule has 2 aromatic carbocycles. The molecule has 40 heavy (non-hydrogen) atoms. The Morgan fingerprint density at radius 3 is 2.55 bits per heavy atom. The molecule has 0 spiro atoms. The van der Waals surface area contributed by atoms with E-state index in [4.69, 9.17) is 5.10 Å². The fourth-order valence-electron chi connectivity index (χ4n) is 4.76. The maximum absolute atomic E-state index is 14.4. The number of halogens is 1. The minimum absolute atomic E-state index is 0.126. The SMILES string of the molecule is Cc1ccc(-n2nc(C(C)(C)C)c3c2N(CC(=O)NCc2ccccn2)C(=O)CSC3c2cccc(F)c2)cc1. The van der Waals surface area contributed by atoms with Crippen LogP contribution in [0.1, 0.15) is 54.1 Å². The van der Waals surface area contributed by atoms with Crippen LogP contribution in [-0.2, 0) is 21.5 Å². The summed E-state index contributed by atoms with van der Waals surface area (Å²) in [5.74, 6) is -0.212. The van der Waals surface area contributed by atoms with Gasteiger partial charge in [-0.2, -0.15) is 5.10 Å². The van der Waals surface area contributed by atoms with Gasteiger partial charge in [-0.05, 0) is 48.9 Å². The standard InChI is InChI=1S/C31H32FN5O2S/c1-20-11-13-24(14-12-20)37-30-27(29(35-37)31(2,3)4)28(21-8-7-9-22(32)16-21)40-19-26(39)36(30)18-25(38)34-17-23-10-5-6-15-33-23/h5-16,28H,17-19H2,1-4H3,(H,34,38). The number of benzene rings is 2. The van der Waals surface area contributed by atoms with Crippen molar-refractivity contribution in [2.24, 2.45) is 0 Å². The van der Waals surface area contributed by atoms with Gasteiger partial charge in [0.05, 0.1) is 34.6 Å². The second kappa shape index (κ2) is 11.3. The summed E-state index contributed by atoms with van der Waals surface area (Å²) >= 11 is 1.43. The molecule has 0 saturated carbocycles. The monoisotopic (exact) mass is 557 g/mol. The molecule has 0 fully saturated rings. The van der Waals surface area contributed by atoms with E-state index < -0.39 is 5.41 Å². The van der Waals surface area contributed by atoms with E-state index in [1.807, 2.05) is 55.5 Å². The minimum atomic E-state index is -0.396. The lowest BCUT2D eigenvalue weighted by Crippen LogP contribution is -2.42. The van der Waals surface area contributed by atoms with E-state index in [-0.39, 0.29) is 41.7 Å². The molecule has 9 heteroatoms. The molecule has 0 radical (unpaired) electrons. The van der Waals surface area contributed by atoms with E-state index in [0.29, 0.717) is 5.82 Å². The zero-order valence-electron chi connectivity index (χ0n) is 23.0. The molecule has 1 aliphatic rings. The Labute approximate surface area is 237 Å². The molecule has 1 aliphatic heterocycles. The van der Waals surface area contributed by atoms with Crippen LogP contribution in [0.25, 0.3) is 5.69 Å². The third kappa shape index (κ3) is 5.79. The molecule has 1 N–H and O–H groups in total. The van der Waals surface area contributed by atoms with Gasteiger partial charge in [0.2, 0.25) is 11.8 Å². The topological polar surface area (TPSA) is 80.1 Å². The normalized spacial score (nSPS) is 15.5. The first-order chi connectivity index (χ1) is 19.1. The molecule has 0 saturated heterocycles. The van der Waals surface area contributed by atoms with Gasteiger partial charge in [0, 0.05) is 17.2 Å². The second-order valence-electron chi connectivity index (χ2n) is 10.9. The van der Waals surface area contributed by atoms with E-state index in [1.165, 1.54) is 28.8 Å². The maximum Gasteiger partial charge on any atom is 0.240 e. The van der Waals surface area contributed by atoms with Crippen LogP contribution >= 0.6 is 11.8 Å². The molecule has 3 heterocycles. The number of carbonyl (C=O) groups is 2. The average molecular weight is 558 g/mol. The van der Waals surface area contributed by atoms with Gasteiger partial charge in [0.15, 0.2) is 0 Å². The Bertz CT molecular complexity index is 1530. The van der Waals surface area contributed by atoms with Crippen molar-refractivity contribution in [3.63, 3.8) is 0 Å². The lowest BCUT2D eigenvalue weighted by molar-refractivity contribution is -0.123. The van der Waals surface area contributed by atoms with E-state index >= 15 is 0 Å². The summed E-state index contributed by atoms with van der Waals surface area (Å²) < 4.78 is 16.2. The number of nitrogens with one attached hydrogen (secondary N) is 1. The summed E-state index contributed by atoms with van der Waals surface area (Å²) in [5.41, 5.74) is 4.54. The summed E-state index contributed by atoms with van der Waals surface area (Å²) in [6.45, 7) is 8.28. The molecule has 0 aliphatic carbocycles. The number of thioether (sulfide) groups is 1. The number of hydrogen-bond donors (Lipinski definition) is 1. The fourth-order valence-corrected chi connectivity index (χ4v) is 5.95. The molecule has 2 amide bonds. The Balaban J connectivity index is 1.65. The van der Waals surface area contributed by atoms with Gasteiger partial charge in [0.1, 0.15) is 18.2 Å². The molecule has 7 nitrogen and oxygen atoms in total. The zero-order chi connectivity index (χ0) is 28.4. The first-order valence-corrected chi connectivity index (χ1v) is 14.2. The highest BCUT2D eigenvalue weighted by Gasteiger charge is 2.40. The van der Waals surface area contributed by atoms with Crippen LogP contribution in [0, 0.1) is 12.7 Å². The van der Waals surface area contributed by atoms with Crippen LogP contribution in [0.4, 0.5) is 10.2 Å². The fraction of sp³-hybridized carbons (Fsp3) is 0.290. The zero-order valence-corrected chi connectivity index (χ0v) is 23.8. The number of carbonyl (C=O) groups excluding carboxylic acids is 2. The third-order valence-electron chi connectivity index (χ3n) is 6.72. The minimum Gasteiger partial charge on any atom is -0.349 e. The average Bonchev–Trinajstić information content (AvgIpc) is 3.26. The first-order valence-electron chi connectivity index (χ1n) is 13.2. The molecule has 206 valence electrons. The Morgan fingerprint density at radius 2 is 1.88 bits per heavy atom.